The molecular weight excluding hydrogens is 590 g/mol. The van der Waals surface area contributed by atoms with Gasteiger partial charge in [0.2, 0.25) is 0 Å². The molecule has 7 aromatic rings. The van der Waals surface area contributed by atoms with Crippen LogP contribution in [0.5, 0.6) is 0 Å². The topological polar surface area (TPSA) is 48.7 Å². The van der Waals surface area contributed by atoms with Crippen LogP contribution in [0.4, 0.5) is 17.1 Å². The van der Waals surface area contributed by atoms with E-state index < -0.39 is 6.04 Å². The second kappa shape index (κ2) is 12.8. The number of nitrogens with zero attached hydrogens (tertiary/aromatic N) is 3. The van der Waals surface area contributed by atoms with Crippen molar-refractivity contribution < 1.29 is 10.0 Å². The smallest absolute Gasteiger partial charge is 0.182 e. The van der Waals surface area contributed by atoms with Crippen LogP contribution in [0.1, 0.15) is 34.3 Å². The van der Waals surface area contributed by atoms with Crippen LogP contribution >= 0.6 is 0 Å². The molecule has 5 nitrogen and oxygen atoms in total. The largest absolute Gasteiger partial charge is 0.313 e. The number of aromatic nitrogens is 1. The monoisotopic (exact) mass is 625 g/mol. The first-order valence-corrected chi connectivity index (χ1v) is 16.5. The first-order chi connectivity index (χ1) is 23.6. The van der Waals surface area contributed by atoms with E-state index in [9.17, 15) is 10.0 Å². The van der Waals surface area contributed by atoms with Crippen LogP contribution in [0.3, 0.4) is 0 Å². The van der Waals surface area contributed by atoms with E-state index >= 15 is 0 Å². The highest BCUT2D eigenvalue weighted by Crippen LogP contribution is 2.39. The number of rotatable bonds is 8. The highest BCUT2D eigenvalue weighted by Gasteiger charge is 2.30. The molecule has 0 spiro atoms. The van der Waals surface area contributed by atoms with E-state index in [-0.39, 0.29) is 5.78 Å². The van der Waals surface area contributed by atoms with Crippen molar-refractivity contribution in [2.24, 2.45) is 0 Å². The summed E-state index contributed by atoms with van der Waals surface area (Å²) >= 11 is 0. The molecule has 0 amide bonds. The molecule has 0 bridgehead atoms. The molecule has 5 heteroatoms. The number of Topliss-reactive ketones (excluding diaryl/α,β-unsaturated/α-hetero) is 1. The van der Waals surface area contributed by atoms with Gasteiger partial charge in [-0.25, -0.2) is 0 Å². The van der Waals surface area contributed by atoms with Crippen molar-refractivity contribution in [1.82, 2.24) is 9.63 Å². The van der Waals surface area contributed by atoms with Gasteiger partial charge in [0.15, 0.2) is 5.78 Å². The van der Waals surface area contributed by atoms with E-state index in [2.05, 4.69) is 143 Å². The van der Waals surface area contributed by atoms with Gasteiger partial charge in [-0.05, 0) is 84.6 Å². The van der Waals surface area contributed by atoms with Crippen LogP contribution in [0, 0.1) is 0 Å². The third-order valence-electron chi connectivity index (χ3n) is 9.29. The Morgan fingerprint density at radius 1 is 0.625 bits per heavy atom. The number of benzene rings is 6. The fourth-order valence-electron chi connectivity index (χ4n) is 6.88. The molecule has 1 atom stereocenters. The van der Waals surface area contributed by atoms with Crippen LogP contribution in [0.25, 0.3) is 39.6 Å². The van der Waals surface area contributed by atoms with Crippen LogP contribution < -0.4 is 4.90 Å². The third-order valence-corrected chi connectivity index (χ3v) is 9.29. The molecular formula is C43H35N3O2. The molecule has 48 heavy (non-hydrogen) atoms. The summed E-state index contributed by atoms with van der Waals surface area (Å²) in [5, 5.41) is 13.6. The van der Waals surface area contributed by atoms with E-state index in [1.54, 1.807) is 0 Å². The van der Waals surface area contributed by atoms with Gasteiger partial charge in [-0.1, -0.05) is 103 Å². The van der Waals surface area contributed by atoms with Gasteiger partial charge in [-0.2, -0.15) is 5.06 Å². The summed E-state index contributed by atoms with van der Waals surface area (Å²) in [4.78, 5) is 15.1. The molecule has 0 aliphatic carbocycles. The van der Waals surface area contributed by atoms with Gasteiger partial charge in [-0.15, -0.1) is 0 Å². The lowest BCUT2D eigenvalue weighted by atomic mass is 10.0. The lowest BCUT2D eigenvalue weighted by Crippen LogP contribution is -2.33. The van der Waals surface area contributed by atoms with Crippen molar-refractivity contribution in [2.45, 2.75) is 18.9 Å². The zero-order chi connectivity index (χ0) is 32.5. The Labute approximate surface area is 280 Å². The average molecular weight is 626 g/mol. The molecule has 8 rings (SSSR count). The van der Waals surface area contributed by atoms with Crippen LogP contribution in [-0.4, -0.2) is 33.2 Å². The van der Waals surface area contributed by atoms with Gasteiger partial charge >= 0.3 is 0 Å². The number of carbonyl (C=O) groups excluding carboxylic acids is 1. The maximum atomic E-state index is 12.8. The van der Waals surface area contributed by atoms with E-state index in [1.165, 1.54) is 26.9 Å². The average Bonchev–Trinajstić information content (AvgIpc) is 3.73. The molecule has 2 heterocycles. The molecule has 6 aromatic carbocycles. The first kappa shape index (κ1) is 29.6. The minimum absolute atomic E-state index is 0.0230. The summed E-state index contributed by atoms with van der Waals surface area (Å²) in [5.41, 5.74) is 9.46. The predicted octanol–water partition coefficient (Wildman–Crippen LogP) is 10.5. The molecule has 0 radical (unpaired) electrons. The maximum Gasteiger partial charge on any atom is 0.182 e. The normalized spacial score (nSPS) is 15.1. The number of fused-ring (bicyclic) bond motifs is 3. The lowest BCUT2D eigenvalue weighted by molar-refractivity contribution is -0.0909. The van der Waals surface area contributed by atoms with Crippen molar-refractivity contribution in [3.8, 4) is 5.69 Å². The molecule has 1 aliphatic rings. The Balaban J connectivity index is 1.10. The molecule has 1 fully saturated rings. The number of hydrogen-bond donors (Lipinski definition) is 1. The summed E-state index contributed by atoms with van der Waals surface area (Å²) in [5.74, 6) is -0.0230. The van der Waals surface area contributed by atoms with Gasteiger partial charge in [0.1, 0.15) is 0 Å². The highest BCUT2D eigenvalue weighted by atomic mass is 16.5. The summed E-state index contributed by atoms with van der Waals surface area (Å²) in [7, 11) is 0. The Bertz CT molecular complexity index is 2240. The van der Waals surface area contributed by atoms with Gasteiger partial charge in [0.25, 0.3) is 0 Å². The first-order valence-electron chi connectivity index (χ1n) is 16.5. The van der Waals surface area contributed by atoms with Gasteiger partial charge in [0, 0.05) is 45.6 Å². The standard InChI is InChI=1S/C43H35N3O2/c47-43(42-16-9-29-44(42)48)33-23-19-31(20-24-33)17-18-32-21-25-36(26-22-32)45(34-10-3-1-4-11-34)37-27-28-41-39(30-37)38-14-7-8-15-40(38)46(41)35-12-5-2-6-13-35/h1-8,10-15,17-28,30,42,48H,9,16,29H2/b18-17+/t42-/m0/s1. The van der Waals surface area contributed by atoms with Crippen molar-refractivity contribution >= 4 is 56.8 Å². The zero-order valence-corrected chi connectivity index (χ0v) is 26.5. The number of hydroxylamine groups is 2. The van der Waals surface area contributed by atoms with Crippen molar-refractivity contribution in [3.05, 3.63) is 168 Å². The number of ketones is 1. The van der Waals surface area contributed by atoms with Crippen molar-refractivity contribution in [3.63, 3.8) is 0 Å². The van der Waals surface area contributed by atoms with Crippen LogP contribution in [0.2, 0.25) is 0 Å². The van der Waals surface area contributed by atoms with E-state index in [1.807, 2.05) is 30.3 Å². The number of hydrogen-bond acceptors (Lipinski definition) is 4. The quantitative estimate of drug-likeness (QED) is 0.135. The molecule has 1 aromatic heterocycles. The Morgan fingerprint density at radius 2 is 1.21 bits per heavy atom. The molecule has 1 aliphatic heterocycles. The highest BCUT2D eigenvalue weighted by molar-refractivity contribution is 6.10. The van der Waals surface area contributed by atoms with E-state index in [4.69, 9.17) is 0 Å². The van der Waals surface area contributed by atoms with Crippen LogP contribution in [0.15, 0.2) is 152 Å². The van der Waals surface area contributed by atoms with Crippen molar-refractivity contribution in [1.29, 1.82) is 0 Å². The number of para-hydroxylation sites is 3. The van der Waals surface area contributed by atoms with E-state index in [0.29, 0.717) is 18.5 Å². The van der Waals surface area contributed by atoms with Gasteiger partial charge in [0.05, 0.1) is 17.1 Å². The summed E-state index contributed by atoms with van der Waals surface area (Å²) in [6.45, 7) is 0.550. The van der Waals surface area contributed by atoms with Crippen molar-refractivity contribution in [2.75, 3.05) is 11.4 Å². The molecule has 1 N–H and O–H groups in total. The zero-order valence-electron chi connectivity index (χ0n) is 26.5. The second-order valence-electron chi connectivity index (χ2n) is 12.3. The maximum absolute atomic E-state index is 12.8. The van der Waals surface area contributed by atoms with Crippen LogP contribution in [-0.2, 0) is 0 Å². The molecule has 0 saturated carbocycles. The molecule has 0 unspecified atom stereocenters. The van der Waals surface area contributed by atoms with E-state index in [0.717, 1.165) is 40.3 Å². The summed E-state index contributed by atoms with van der Waals surface area (Å²) in [6.07, 6.45) is 5.68. The molecule has 1 saturated heterocycles. The lowest BCUT2D eigenvalue weighted by Gasteiger charge is -2.25. The fraction of sp³-hybridized carbons (Fsp3) is 0.0930. The van der Waals surface area contributed by atoms with Gasteiger partial charge in [-0.3, -0.25) is 4.79 Å². The Morgan fingerprint density at radius 3 is 1.90 bits per heavy atom. The second-order valence-corrected chi connectivity index (χ2v) is 12.3. The van der Waals surface area contributed by atoms with Gasteiger partial charge < -0.3 is 14.7 Å². The third kappa shape index (κ3) is 5.60. The SMILES string of the molecule is O=C(c1ccc(/C=C/c2ccc(N(c3ccccc3)c3ccc4c(c3)c3ccccc3n4-c3ccccc3)cc2)cc1)[C@@H]1CCCN1O. The number of anilines is 3. The molecule has 234 valence electrons. The Hall–Kier alpha value is -5.75. The summed E-state index contributed by atoms with van der Waals surface area (Å²) < 4.78 is 2.34. The minimum atomic E-state index is -0.433. The summed E-state index contributed by atoms with van der Waals surface area (Å²) in [6, 6.07) is 52.1. The predicted molar refractivity (Wildman–Crippen MR) is 197 cm³/mol. The number of carbonyl (C=O) groups is 1. The minimum Gasteiger partial charge on any atom is -0.313 e. The fourth-order valence-corrected chi connectivity index (χ4v) is 6.88. The Kier molecular flexibility index (Phi) is 7.90.